The van der Waals surface area contributed by atoms with E-state index in [1.807, 2.05) is 0 Å². The third-order valence-corrected chi connectivity index (χ3v) is 4.37. The van der Waals surface area contributed by atoms with Gasteiger partial charge in [-0.3, -0.25) is 9.59 Å². The van der Waals surface area contributed by atoms with Crippen LogP contribution in [0.5, 0.6) is 17.2 Å². The molecule has 2 amide bonds. The first-order chi connectivity index (χ1) is 13.4. The molecule has 0 aromatic heterocycles. The number of hydrogen-bond acceptors (Lipinski definition) is 5. The van der Waals surface area contributed by atoms with E-state index >= 15 is 0 Å². The first-order valence-corrected chi connectivity index (χ1v) is 8.57. The molecular weight excluding hydrogens is 384 g/mol. The van der Waals surface area contributed by atoms with Crippen molar-refractivity contribution in [2.45, 2.75) is 0 Å². The second-order valence-electron chi connectivity index (χ2n) is 5.77. The average molecular weight is 401 g/mol. The van der Waals surface area contributed by atoms with Crippen molar-refractivity contribution in [3.8, 4) is 17.2 Å². The molecule has 0 aliphatic heterocycles. The Bertz CT molecular complexity index is 1070. The quantitative estimate of drug-likeness (QED) is 0.579. The van der Waals surface area contributed by atoms with Crippen LogP contribution < -0.4 is 20.1 Å². The van der Waals surface area contributed by atoms with Crippen molar-refractivity contribution >= 4 is 45.6 Å². The van der Waals surface area contributed by atoms with Crippen LogP contribution in [-0.4, -0.2) is 31.1 Å². The SMILES string of the molecule is COc1cc(NC(=O)C(=O)Nc2cccc3c(O)cccc23)c(OC)cc1Cl. The Labute approximate surface area is 165 Å². The van der Waals surface area contributed by atoms with Crippen LogP contribution in [0.25, 0.3) is 10.8 Å². The lowest BCUT2D eigenvalue weighted by Gasteiger charge is -2.13. The van der Waals surface area contributed by atoms with E-state index in [1.54, 1.807) is 36.4 Å². The molecule has 0 heterocycles. The van der Waals surface area contributed by atoms with Gasteiger partial charge in [-0.25, -0.2) is 0 Å². The number of carbonyl (C=O) groups excluding carboxylic acids is 2. The number of methoxy groups -OCH3 is 2. The molecule has 7 nitrogen and oxygen atoms in total. The van der Waals surface area contributed by atoms with E-state index in [2.05, 4.69) is 10.6 Å². The van der Waals surface area contributed by atoms with Gasteiger partial charge in [0.15, 0.2) is 0 Å². The van der Waals surface area contributed by atoms with Crippen molar-refractivity contribution < 1.29 is 24.2 Å². The average Bonchev–Trinajstić information content (AvgIpc) is 2.69. The number of ether oxygens (including phenoxy) is 2. The van der Waals surface area contributed by atoms with Gasteiger partial charge in [-0.15, -0.1) is 0 Å². The molecule has 3 aromatic carbocycles. The molecule has 0 spiro atoms. The minimum atomic E-state index is -0.903. The first-order valence-electron chi connectivity index (χ1n) is 8.19. The highest BCUT2D eigenvalue weighted by Crippen LogP contribution is 2.36. The van der Waals surface area contributed by atoms with Gasteiger partial charge < -0.3 is 25.2 Å². The number of nitrogens with one attached hydrogen (secondary N) is 2. The second-order valence-corrected chi connectivity index (χ2v) is 6.18. The predicted molar refractivity (Wildman–Crippen MR) is 107 cm³/mol. The maximum atomic E-state index is 12.4. The summed E-state index contributed by atoms with van der Waals surface area (Å²) in [6, 6.07) is 12.9. The molecule has 0 fully saturated rings. The fraction of sp³-hybridized carbons (Fsp3) is 0.100. The summed E-state index contributed by atoms with van der Waals surface area (Å²) in [6.45, 7) is 0. The van der Waals surface area contributed by atoms with Crippen LogP contribution >= 0.6 is 11.6 Å². The van der Waals surface area contributed by atoms with Crippen molar-refractivity contribution in [1.29, 1.82) is 0 Å². The van der Waals surface area contributed by atoms with Crippen molar-refractivity contribution in [2.24, 2.45) is 0 Å². The summed E-state index contributed by atoms with van der Waals surface area (Å²) in [5.74, 6) is -1.10. The lowest BCUT2D eigenvalue weighted by atomic mass is 10.1. The van der Waals surface area contributed by atoms with Gasteiger partial charge in [0.1, 0.15) is 17.2 Å². The van der Waals surface area contributed by atoms with Gasteiger partial charge in [0, 0.05) is 28.6 Å². The fourth-order valence-electron chi connectivity index (χ4n) is 2.72. The molecule has 144 valence electrons. The molecule has 0 saturated heterocycles. The summed E-state index contributed by atoms with van der Waals surface area (Å²) in [7, 11) is 2.85. The third-order valence-electron chi connectivity index (χ3n) is 4.08. The van der Waals surface area contributed by atoms with E-state index in [1.165, 1.54) is 26.4 Å². The Morgan fingerprint density at radius 1 is 0.857 bits per heavy atom. The summed E-state index contributed by atoms with van der Waals surface area (Å²) < 4.78 is 10.3. The van der Waals surface area contributed by atoms with Gasteiger partial charge in [-0.2, -0.15) is 0 Å². The third kappa shape index (κ3) is 3.79. The molecule has 28 heavy (non-hydrogen) atoms. The van der Waals surface area contributed by atoms with E-state index < -0.39 is 11.8 Å². The Morgan fingerprint density at radius 2 is 1.46 bits per heavy atom. The number of aromatic hydroxyl groups is 1. The number of benzene rings is 3. The van der Waals surface area contributed by atoms with Gasteiger partial charge in [0.05, 0.1) is 24.9 Å². The molecule has 0 aliphatic rings. The molecule has 0 bridgehead atoms. The van der Waals surface area contributed by atoms with Crippen molar-refractivity contribution in [3.63, 3.8) is 0 Å². The Morgan fingerprint density at radius 3 is 2.14 bits per heavy atom. The molecule has 0 saturated carbocycles. The van der Waals surface area contributed by atoms with Crippen LogP contribution in [0.4, 0.5) is 11.4 Å². The largest absolute Gasteiger partial charge is 0.507 e. The van der Waals surface area contributed by atoms with E-state index in [9.17, 15) is 14.7 Å². The number of phenolic OH excluding ortho intramolecular Hbond substituents is 1. The van der Waals surface area contributed by atoms with Crippen molar-refractivity contribution in [3.05, 3.63) is 53.6 Å². The molecule has 0 radical (unpaired) electrons. The first kappa shape index (κ1) is 19.3. The lowest BCUT2D eigenvalue weighted by molar-refractivity contribution is -0.132. The van der Waals surface area contributed by atoms with E-state index in [4.69, 9.17) is 21.1 Å². The highest BCUT2D eigenvalue weighted by molar-refractivity contribution is 6.44. The smallest absolute Gasteiger partial charge is 0.314 e. The Kier molecular flexibility index (Phi) is 5.56. The van der Waals surface area contributed by atoms with Crippen molar-refractivity contribution in [2.75, 3.05) is 24.9 Å². The summed E-state index contributed by atoms with van der Waals surface area (Å²) in [4.78, 5) is 24.8. The monoisotopic (exact) mass is 400 g/mol. The van der Waals surface area contributed by atoms with Crippen LogP contribution in [0.1, 0.15) is 0 Å². The molecule has 0 aliphatic carbocycles. The minimum absolute atomic E-state index is 0.0797. The van der Waals surface area contributed by atoms with Crippen LogP contribution in [0.15, 0.2) is 48.5 Å². The number of carbonyl (C=O) groups is 2. The van der Waals surface area contributed by atoms with E-state index in [0.717, 1.165) is 0 Å². The second kappa shape index (κ2) is 8.06. The van der Waals surface area contributed by atoms with Crippen LogP contribution in [0.3, 0.4) is 0 Å². The van der Waals surface area contributed by atoms with Crippen LogP contribution in [0, 0.1) is 0 Å². The lowest BCUT2D eigenvalue weighted by Crippen LogP contribution is -2.29. The summed E-state index contributed by atoms with van der Waals surface area (Å²) in [6.07, 6.45) is 0. The molecule has 8 heteroatoms. The predicted octanol–water partition coefficient (Wildman–Crippen LogP) is 3.79. The summed E-state index contributed by atoms with van der Waals surface area (Å²) in [5, 5.41) is 16.4. The van der Waals surface area contributed by atoms with E-state index in [0.29, 0.717) is 27.2 Å². The van der Waals surface area contributed by atoms with Gasteiger partial charge >= 0.3 is 11.8 Å². The topological polar surface area (TPSA) is 96.9 Å². The molecule has 3 rings (SSSR count). The number of hydrogen-bond donors (Lipinski definition) is 3. The summed E-state index contributed by atoms with van der Waals surface area (Å²) >= 11 is 6.04. The standard InChI is InChI=1S/C20H17ClN2O5/c1-27-17-10-15(18(28-2)9-13(17)21)23-20(26)19(25)22-14-7-3-6-12-11(14)5-4-8-16(12)24/h3-10,24H,1-2H3,(H,22,25)(H,23,26). The molecule has 0 unspecified atom stereocenters. The van der Waals surface area contributed by atoms with Gasteiger partial charge in [0.2, 0.25) is 0 Å². The number of phenols is 1. The van der Waals surface area contributed by atoms with Gasteiger partial charge in [0.25, 0.3) is 0 Å². The normalized spacial score (nSPS) is 10.4. The number of fused-ring (bicyclic) bond motifs is 1. The number of halogens is 1. The highest BCUT2D eigenvalue weighted by atomic mass is 35.5. The van der Waals surface area contributed by atoms with Crippen LogP contribution in [0.2, 0.25) is 5.02 Å². The molecule has 3 N–H and O–H groups in total. The summed E-state index contributed by atoms with van der Waals surface area (Å²) in [5.41, 5.74) is 0.633. The number of rotatable bonds is 4. The maximum absolute atomic E-state index is 12.4. The Hall–Kier alpha value is -3.45. The zero-order valence-electron chi connectivity index (χ0n) is 15.1. The highest BCUT2D eigenvalue weighted by Gasteiger charge is 2.19. The molecule has 0 atom stereocenters. The zero-order chi connectivity index (χ0) is 20.3. The minimum Gasteiger partial charge on any atom is -0.507 e. The molecular formula is C20H17ClN2O5. The zero-order valence-corrected chi connectivity index (χ0v) is 15.8. The van der Waals surface area contributed by atoms with Crippen molar-refractivity contribution in [1.82, 2.24) is 0 Å². The fourth-order valence-corrected chi connectivity index (χ4v) is 2.95. The van der Waals surface area contributed by atoms with Gasteiger partial charge in [-0.1, -0.05) is 35.9 Å². The Balaban J connectivity index is 1.83. The van der Waals surface area contributed by atoms with Crippen LogP contribution in [-0.2, 0) is 9.59 Å². The number of anilines is 2. The number of amides is 2. The molecule has 3 aromatic rings. The maximum Gasteiger partial charge on any atom is 0.314 e. The van der Waals surface area contributed by atoms with Gasteiger partial charge in [-0.05, 0) is 12.1 Å². The van der Waals surface area contributed by atoms with E-state index in [-0.39, 0.29) is 17.2 Å².